The molecule has 1 nitrogen and oxygen atoms in total. The molecule has 1 unspecified atom stereocenters. The lowest BCUT2D eigenvalue weighted by Gasteiger charge is -2.02. The Bertz CT molecular complexity index is 175. The van der Waals surface area contributed by atoms with Gasteiger partial charge in [-0.1, -0.05) is 0 Å². The Morgan fingerprint density at radius 2 is 2.50 bits per heavy atom. The SMILES string of the molecule is NC1=CC=C=CC1Cl. The van der Waals surface area contributed by atoms with Gasteiger partial charge in [0.05, 0.1) is 5.38 Å². The van der Waals surface area contributed by atoms with Gasteiger partial charge in [0.1, 0.15) is 0 Å². The van der Waals surface area contributed by atoms with Gasteiger partial charge in [0.25, 0.3) is 0 Å². The fraction of sp³-hybridized carbons (Fsp3) is 0.167. The maximum Gasteiger partial charge on any atom is 0.0983 e. The first kappa shape index (κ1) is 5.49. The van der Waals surface area contributed by atoms with Crippen molar-refractivity contribution >= 4 is 11.6 Å². The lowest BCUT2D eigenvalue weighted by atomic mass is 10.2. The Kier molecular flexibility index (Phi) is 1.43. The Balaban J connectivity index is 2.86. The topological polar surface area (TPSA) is 26.0 Å². The van der Waals surface area contributed by atoms with E-state index in [0.29, 0.717) is 5.70 Å². The van der Waals surface area contributed by atoms with Crippen LogP contribution < -0.4 is 5.73 Å². The summed E-state index contributed by atoms with van der Waals surface area (Å²) in [4.78, 5) is 0. The Morgan fingerprint density at radius 3 is 2.88 bits per heavy atom. The van der Waals surface area contributed by atoms with Crippen LogP contribution in [0, 0.1) is 0 Å². The van der Waals surface area contributed by atoms with Crippen LogP contribution in [0.1, 0.15) is 0 Å². The van der Waals surface area contributed by atoms with E-state index in [2.05, 4.69) is 5.73 Å². The maximum atomic E-state index is 5.64. The summed E-state index contributed by atoms with van der Waals surface area (Å²) in [5.41, 5.74) is 8.92. The highest BCUT2D eigenvalue weighted by molar-refractivity contribution is 6.23. The van der Waals surface area contributed by atoms with E-state index in [1.54, 1.807) is 18.2 Å². The molecular formula is C6H6ClN. The molecule has 1 aliphatic carbocycles. The summed E-state index contributed by atoms with van der Waals surface area (Å²) in [6.07, 6.45) is 5.21. The molecule has 2 heteroatoms. The van der Waals surface area contributed by atoms with E-state index in [1.165, 1.54) is 0 Å². The highest BCUT2D eigenvalue weighted by atomic mass is 35.5. The van der Waals surface area contributed by atoms with Gasteiger partial charge in [0.2, 0.25) is 0 Å². The molecule has 0 heterocycles. The molecule has 0 aromatic heterocycles. The van der Waals surface area contributed by atoms with E-state index >= 15 is 0 Å². The van der Waals surface area contributed by atoms with Crippen LogP contribution in [-0.4, -0.2) is 5.38 Å². The number of rotatable bonds is 0. The second kappa shape index (κ2) is 2.08. The lowest BCUT2D eigenvalue weighted by Crippen LogP contribution is -2.09. The zero-order chi connectivity index (χ0) is 5.98. The first-order valence-electron chi connectivity index (χ1n) is 2.33. The minimum atomic E-state index is -0.153. The van der Waals surface area contributed by atoms with Gasteiger partial charge in [-0.3, -0.25) is 0 Å². The Morgan fingerprint density at radius 1 is 1.75 bits per heavy atom. The molecule has 8 heavy (non-hydrogen) atoms. The van der Waals surface area contributed by atoms with Gasteiger partial charge in [-0.2, -0.15) is 0 Å². The van der Waals surface area contributed by atoms with Crippen LogP contribution in [0.4, 0.5) is 0 Å². The normalized spacial score (nSPS) is 25.6. The van der Waals surface area contributed by atoms with Crippen molar-refractivity contribution in [3.8, 4) is 0 Å². The van der Waals surface area contributed by atoms with Crippen LogP contribution in [0.5, 0.6) is 0 Å². The molecule has 0 bridgehead atoms. The molecular weight excluding hydrogens is 122 g/mol. The zero-order valence-corrected chi connectivity index (χ0v) is 5.02. The fourth-order valence-corrected chi connectivity index (χ4v) is 0.618. The first-order chi connectivity index (χ1) is 3.80. The summed E-state index contributed by atoms with van der Waals surface area (Å²) in [5.74, 6) is 0. The van der Waals surface area contributed by atoms with Crippen molar-refractivity contribution in [1.29, 1.82) is 0 Å². The number of allylic oxidation sites excluding steroid dienone is 2. The van der Waals surface area contributed by atoms with Crippen LogP contribution in [0.15, 0.2) is 29.7 Å². The number of hydrogen-bond donors (Lipinski definition) is 1. The molecule has 0 spiro atoms. The summed E-state index contributed by atoms with van der Waals surface area (Å²) in [6, 6.07) is 0. The summed E-state index contributed by atoms with van der Waals surface area (Å²) >= 11 is 5.64. The zero-order valence-electron chi connectivity index (χ0n) is 4.26. The van der Waals surface area contributed by atoms with E-state index in [9.17, 15) is 0 Å². The van der Waals surface area contributed by atoms with Crippen LogP contribution in [-0.2, 0) is 0 Å². The highest BCUT2D eigenvalue weighted by Gasteiger charge is 2.02. The summed E-state index contributed by atoms with van der Waals surface area (Å²) in [5, 5.41) is -0.153. The van der Waals surface area contributed by atoms with Gasteiger partial charge in [0.15, 0.2) is 0 Å². The van der Waals surface area contributed by atoms with Crippen molar-refractivity contribution in [2.45, 2.75) is 5.38 Å². The second-order valence-electron chi connectivity index (χ2n) is 1.57. The minimum absolute atomic E-state index is 0.153. The van der Waals surface area contributed by atoms with Crippen molar-refractivity contribution in [2.24, 2.45) is 5.73 Å². The largest absolute Gasteiger partial charge is 0.401 e. The highest BCUT2D eigenvalue weighted by Crippen LogP contribution is 2.07. The van der Waals surface area contributed by atoms with Crippen molar-refractivity contribution in [2.75, 3.05) is 0 Å². The Hall–Kier alpha value is -0.650. The third kappa shape index (κ3) is 0.945. The van der Waals surface area contributed by atoms with Crippen LogP contribution >= 0.6 is 11.6 Å². The average molecular weight is 128 g/mol. The van der Waals surface area contributed by atoms with Crippen LogP contribution in [0.2, 0.25) is 0 Å². The monoisotopic (exact) mass is 127 g/mol. The predicted octanol–water partition coefficient (Wildman–Crippen LogP) is 1.16. The number of hydrogen-bond acceptors (Lipinski definition) is 1. The van der Waals surface area contributed by atoms with Gasteiger partial charge < -0.3 is 5.73 Å². The third-order valence-electron chi connectivity index (χ3n) is 0.933. The van der Waals surface area contributed by atoms with Crippen molar-refractivity contribution in [3.05, 3.63) is 29.7 Å². The van der Waals surface area contributed by atoms with Gasteiger partial charge in [-0.05, 0) is 18.2 Å². The van der Waals surface area contributed by atoms with Gasteiger partial charge in [-0.15, -0.1) is 17.3 Å². The molecule has 0 saturated heterocycles. The molecule has 0 aromatic rings. The minimum Gasteiger partial charge on any atom is -0.401 e. The smallest absolute Gasteiger partial charge is 0.0983 e. The first-order valence-corrected chi connectivity index (χ1v) is 2.76. The second-order valence-corrected chi connectivity index (χ2v) is 2.04. The number of halogens is 1. The number of nitrogens with two attached hydrogens (primary N) is 1. The fourth-order valence-electron chi connectivity index (χ4n) is 0.473. The van der Waals surface area contributed by atoms with E-state index in [4.69, 9.17) is 17.3 Å². The maximum absolute atomic E-state index is 5.64. The van der Waals surface area contributed by atoms with Crippen LogP contribution in [0.3, 0.4) is 0 Å². The third-order valence-corrected chi connectivity index (χ3v) is 1.31. The van der Waals surface area contributed by atoms with E-state index < -0.39 is 0 Å². The summed E-state index contributed by atoms with van der Waals surface area (Å²) < 4.78 is 0. The average Bonchev–Trinajstić information content (AvgIpc) is 1.77. The molecule has 0 saturated carbocycles. The van der Waals surface area contributed by atoms with Crippen LogP contribution in [0.25, 0.3) is 0 Å². The van der Waals surface area contributed by atoms with Crippen molar-refractivity contribution in [3.63, 3.8) is 0 Å². The van der Waals surface area contributed by atoms with Gasteiger partial charge in [-0.25, -0.2) is 0 Å². The molecule has 0 fully saturated rings. The van der Waals surface area contributed by atoms with Gasteiger partial charge >= 0.3 is 0 Å². The van der Waals surface area contributed by atoms with Crippen molar-refractivity contribution in [1.82, 2.24) is 0 Å². The molecule has 0 amide bonds. The summed E-state index contributed by atoms with van der Waals surface area (Å²) in [6.45, 7) is 0. The quantitative estimate of drug-likeness (QED) is 0.384. The predicted molar refractivity (Wildman–Crippen MR) is 34.6 cm³/mol. The van der Waals surface area contributed by atoms with E-state index in [-0.39, 0.29) is 5.38 Å². The van der Waals surface area contributed by atoms with Crippen molar-refractivity contribution < 1.29 is 0 Å². The van der Waals surface area contributed by atoms with E-state index in [0.717, 1.165) is 0 Å². The molecule has 1 rings (SSSR count). The molecule has 42 valence electrons. The van der Waals surface area contributed by atoms with Gasteiger partial charge in [0, 0.05) is 5.70 Å². The van der Waals surface area contributed by atoms with E-state index in [1.807, 2.05) is 0 Å². The number of alkyl halides is 1. The summed E-state index contributed by atoms with van der Waals surface area (Å²) in [7, 11) is 0. The lowest BCUT2D eigenvalue weighted by molar-refractivity contribution is 1.16. The molecule has 0 aromatic carbocycles. The molecule has 0 radical (unpaired) electrons. The molecule has 1 aliphatic rings. The molecule has 1 atom stereocenters. The Labute approximate surface area is 53.1 Å². The molecule has 0 aliphatic heterocycles. The molecule has 2 N–H and O–H groups in total. The standard InChI is InChI=1S/C6H6ClN/c7-5-3-1-2-4-6(5)8/h2-5H,8H2.